The highest BCUT2D eigenvalue weighted by atomic mass is 35.5. The number of methoxy groups -OCH3 is 1. The van der Waals surface area contributed by atoms with Gasteiger partial charge in [-0.15, -0.1) is 11.6 Å². The average Bonchev–Trinajstić information content (AvgIpc) is 2.98. The summed E-state index contributed by atoms with van der Waals surface area (Å²) >= 11 is 5.84. The number of carbonyl (C=O) groups is 1. The van der Waals surface area contributed by atoms with Crippen molar-refractivity contribution in [2.75, 3.05) is 19.5 Å². The molecule has 0 spiro atoms. The van der Waals surface area contributed by atoms with E-state index in [1.807, 2.05) is 4.90 Å². The van der Waals surface area contributed by atoms with Crippen molar-refractivity contribution in [2.45, 2.75) is 31.7 Å². The number of carbonyl (C=O) groups excluding carboxylic acids is 1. The first-order valence-corrected chi connectivity index (χ1v) is 7.17. The molecule has 0 radical (unpaired) electrons. The van der Waals surface area contributed by atoms with E-state index < -0.39 is 0 Å². The number of aromatic nitrogens is 1. The van der Waals surface area contributed by atoms with Crippen molar-refractivity contribution in [3.63, 3.8) is 0 Å². The van der Waals surface area contributed by atoms with Gasteiger partial charge >= 0.3 is 0 Å². The Kier molecular flexibility index (Phi) is 5.02. The standard InChI is InChI=1S/C14H19ClN2O2/c1-19-13-12(7-4-9-16-13)14(18)17(10-8-15)11-5-2-3-6-11/h4,7,9,11H,2-3,5-6,8,10H2,1H3. The van der Waals surface area contributed by atoms with E-state index in [1.54, 1.807) is 18.3 Å². The highest BCUT2D eigenvalue weighted by Gasteiger charge is 2.28. The van der Waals surface area contributed by atoms with Gasteiger partial charge in [0.05, 0.1) is 7.11 Å². The number of hydrogen-bond acceptors (Lipinski definition) is 3. The number of rotatable bonds is 5. The van der Waals surface area contributed by atoms with Gasteiger partial charge in [-0.25, -0.2) is 4.98 Å². The first-order valence-electron chi connectivity index (χ1n) is 6.64. The third-order valence-corrected chi connectivity index (χ3v) is 3.72. The number of pyridine rings is 1. The maximum absolute atomic E-state index is 12.6. The summed E-state index contributed by atoms with van der Waals surface area (Å²) in [6.07, 6.45) is 6.11. The molecule has 2 rings (SSSR count). The molecule has 1 aliphatic carbocycles. The number of hydrogen-bond donors (Lipinski definition) is 0. The number of halogens is 1. The lowest BCUT2D eigenvalue weighted by Gasteiger charge is -2.28. The Morgan fingerprint density at radius 3 is 2.89 bits per heavy atom. The van der Waals surface area contributed by atoms with Gasteiger partial charge < -0.3 is 9.64 Å². The highest BCUT2D eigenvalue weighted by molar-refractivity contribution is 6.18. The van der Waals surface area contributed by atoms with E-state index in [9.17, 15) is 4.79 Å². The van der Waals surface area contributed by atoms with Gasteiger partial charge in [0.2, 0.25) is 5.88 Å². The fourth-order valence-electron chi connectivity index (χ4n) is 2.63. The Balaban J connectivity index is 2.22. The number of nitrogens with zero attached hydrogens (tertiary/aromatic N) is 2. The summed E-state index contributed by atoms with van der Waals surface area (Å²) in [6, 6.07) is 3.81. The van der Waals surface area contributed by atoms with Crippen LogP contribution in [0.5, 0.6) is 5.88 Å². The largest absolute Gasteiger partial charge is 0.480 e. The van der Waals surface area contributed by atoms with E-state index in [1.165, 1.54) is 20.0 Å². The second-order valence-electron chi connectivity index (χ2n) is 4.69. The van der Waals surface area contributed by atoms with E-state index in [0.29, 0.717) is 29.9 Å². The number of amides is 1. The second-order valence-corrected chi connectivity index (χ2v) is 5.06. The molecule has 1 heterocycles. The van der Waals surface area contributed by atoms with Crippen LogP contribution in [0.3, 0.4) is 0 Å². The molecule has 1 amide bonds. The van der Waals surface area contributed by atoms with E-state index >= 15 is 0 Å². The van der Waals surface area contributed by atoms with E-state index in [2.05, 4.69) is 4.98 Å². The Hall–Kier alpha value is -1.29. The zero-order valence-electron chi connectivity index (χ0n) is 11.1. The van der Waals surface area contributed by atoms with Gasteiger partial charge in [0.1, 0.15) is 5.56 Å². The Morgan fingerprint density at radius 2 is 2.26 bits per heavy atom. The average molecular weight is 283 g/mol. The van der Waals surface area contributed by atoms with E-state index in [-0.39, 0.29) is 5.91 Å². The van der Waals surface area contributed by atoms with Gasteiger partial charge in [-0.05, 0) is 25.0 Å². The molecule has 0 atom stereocenters. The molecule has 1 fully saturated rings. The molecule has 1 saturated carbocycles. The van der Waals surface area contributed by atoms with Crippen molar-refractivity contribution in [2.24, 2.45) is 0 Å². The van der Waals surface area contributed by atoms with Crippen molar-refractivity contribution in [3.8, 4) is 5.88 Å². The third-order valence-electron chi connectivity index (χ3n) is 3.55. The minimum absolute atomic E-state index is 0.0301. The van der Waals surface area contributed by atoms with Gasteiger partial charge in [0, 0.05) is 24.7 Å². The molecule has 1 aromatic heterocycles. The van der Waals surface area contributed by atoms with Gasteiger partial charge in [-0.2, -0.15) is 0 Å². The zero-order chi connectivity index (χ0) is 13.7. The van der Waals surface area contributed by atoms with Gasteiger partial charge in [-0.3, -0.25) is 4.79 Å². The first kappa shape index (κ1) is 14.1. The fraction of sp³-hybridized carbons (Fsp3) is 0.571. The quantitative estimate of drug-likeness (QED) is 0.780. The Bertz CT molecular complexity index is 433. The SMILES string of the molecule is COc1ncccc1C(=O)N(CCCl)C1CCCC1. The maximum atomic E-state index is 12.6. The smallest absolute Gasteiger partial charge is 0.259 e. The molecule has 5 heteroatoms. The molecular weight excluding hydrogens is 264 g/mol. The maximum Gasteiger partial charge on any atom is 0.259 e. The molecule has 0 N–H and O–H groups in total. The van der Waals surface area contributed by atoms with Crippen molar-refractivity contribution in [1.29, 1.82) is 0 Å². The normalized spacial score (nSPS) is 15.5. The minimum Gasteiger partial charge on any atom is -0.480 e. The van der Waals surface area contributed by atoms with E-state index in [4.69, 9.17) is 16.3 Å². The fourth-order valence-corrected chi connectivity index (χ4v) is 2.81. The lowest BCUT2D eigenvalue weighted by molar-refractivity contribution is 0.0691. The zero-order valence-corrected chi connectivity index (χ0v) is 11.9. The predicted molar refractivity (Wildman–Crippen MR) is 74.8 cm³/mol. The van der Waals surface area contributed by atoms with Crippen molar-refractivity contribution < 1.29 is 9.53 Å². The number of ether oxygens (including phenoxy) is 1. The van der Waals surface area contributed by atoms with Crippen molar-refractivity contribution in [1.82, 2.24) is 9.88 Å². The van der Waals surface area contributed by atoms with Crippen LogP contribution >= 0.6 is 11.6 Å². The summed E-state index contributed by atoms with van der Waals surface area (Å²) in [7, 11) is 1.53. The van der Waals surface area contributed by atoms with Crippen LogP contribution in [-0.4, -0.2) is 41.4 Å². The Labute approximate surface area is 118 Å². The Morgan fingerprint density at radius 1 is 1.53 bits per heavy atom. The molecule has 0 aromatic carbocycles. The summed E-state index contributed by atoms with van der Waals surface area (Å²) in [4.78, 5) is 18.6. The van der Waals surface area contributed by atoms with Crippen LogP contribution < -0.4 is 4.74 Å². The van der Waals surface area contributed by atoms with Crippen LogP contribution in [0.15, 0.2) is 18.3 Å². The lowest BCUT2D eigenvalue weighted by atomic mass is 10.1. The van der Waals surface area contributed by atoms with Gasteiger partial charge in [0.25, 0.3) is 5.91 Å². The van der Waals surface area contributed by atoms with Gasteiger partial charge in [-0.1, -0.05) is 12.8 Å². The summed E-state index contributed by atoms with van der Waals surface area (Å²) in [5.74, 6) is 0.799. The van der Waals surface area contributed by atoms with Crippen LogP contribution in [0.1, 0.15) is 36.0 Å². The summed E-state index contributed by atoms with van der Waals surface area (Å²) < 4.78 is 5.17. The lowest BCUT2D eigenvalue weighted by Crippen LogP contribution is -2.40. The summed E-state index contributed by atoms with van der Waals surface area (Å²) in [5, 5.41) is 0. The molecule has 1 aliphatic rings. The third kappa shape index (κ3) is 3.18. The monoisotopic (exact) mass is 282 g/mol. The second kappa shape index (κ2) is 6.75. The summed E-state index contributed by atoms with van der Waals surface area (Å²) in [6.45, 7) is 0.573. The topological polar surface area (TPSA) is 42.4 Å². The molecule has 0 aliphatic heterocycles. The predicted octanol–water partition coefficient (Wildman–Crippen LogP) is 2.71. The molecule has 0 unspecified atom stereocenters. The highest BCUT2D eigenvalue weighted by Crippen LogP contribution is 2.26. The van der Waals surface area contributed by atoms with Gasteiger partial charge in [0.15, 0.2) is 0 Å². The molecule has 4 nitrogen and oxygen atoms in total. The number of alkyl halides is 1. The molecule has 19 heavy (non-hydrogen) atoms. The molecule has 1 aromatic rings. The minimum atomic E-state index is -0.0301. The van der Waals surface area contributed by atoms with Crippen molar-refractivity contribution >= 4 is 17.5 Å². The van der Waals surface area contributed by atoms with Crippen LogP contribution in [0, 0.1) is 0 Å². The first-order chi connectivity index (χ1) is 9.27. The molecule has 0 saturated heterocycles. The van der Waals surface area contributed by atoms with Crippen LogP contribution in [-0.2, 0) is 0 Å². The van der Waals surface area contributed by atoms with Crippen LogP contribution in [0.4, 0.5) is 0 Å². The molecule has 0 bridgehead atoms. The van der Waals surface area contributed by atoms with E-state index in [0.717, 1.165) is 12.8 Å². The summed E-state index contributed by atoms with van der Waals surface area (Å²) in [5.41, 5.74) is 0.516. The van der Waals surface area contributed by atoms with Crippen molar-refractivity contribution in [3.05, 3.63) is 23.9 Å². The van der Waals surface area contributed by atoms with Crippen LogP contribution in [0.2, 0.25) is 0 Å². The molecule has 104 valence electrons. The van der Waals surface area contributed by atoms with Crippen LogP contribution in [0.25, 0.3) is 0 Å². The molecular formula is C14H19ClN2O2.